The molecule has 0 bridgehead atoms. The number of amides is 3. The minimum absolute atomic E-state index is 0.129. The number of aromatic nitrogens is 2. The highest BCUT2D eigenvalue weighted by atomic mass is 16.2. The summed E-state index contributed by atoms with van der Waals surface area (Å²) in [6.45, 7) is 5.25. The molecule has 0 saturated heterocycles. The van der Waals surface area contributed by atoms with Crippen LogP contribution in [-0.4, -0.2) is 21.7 Å². The first kappa shape index (κ1) is 17.5. The summed E-state index contributed by atoms with van der Waals surface area (Å²) in [4.78, 5) is 23.3. The third kappa shape index (κ3) is 4.84. The minimum atomic E-state index is -0.260. The first-order valence-electron chi connectivity index (χ1n) is 7.78. The highest BCUT2D eigenvalue weighted by Crippen LogP contribution is 2.18. The molecule has 128 valence electrons. The number of carbonyl (C=O) groups is 2. The number of nitrogens with zero attached hydrogens (tertiary/aromatic N) is 2. The highest BCUT2D eigenvalue weighted by molar-refractivity contribution is 5.88. The van der Waals surface area contributed by atoms with E-state index in [0.29, 0.717) is 5.69 Å². The first-order chi connectivity index (χ1) is 11.3. The number of hydrogen-bond donors (Lipinski definition) is 3. The average molecular weight is 329 g/mol. The summed E-state index contributed by atoms with van der Waals surface area (Å²) in [6.07, 6.45) is 3.59. The van der Waals surface area contributed by atoms with Crippen molar-refractivity contribution in [1.82, 2.24) is 20.4 Å². The summed E-state index contributed by atoms with van der Waals surface area (Å²) in [5.74, 6) is -0.129. The Hall–Kier alpha value is -2.83. The molecule has 0 spiro atoms. The molecular formula is C17H23N5O2. The van der Waals surface area contributed by atoms with Crippen LogP contribution in [0, 0.1) is 0 Å². The minimum Gasteiger partial charge on any atom is -0.332 e. The molecule has 3 amide bonds. The van der Waals surface area contributed by atoms with Gasteiger partial charge in [0.1, 0.15) is 0 Å². The fourth-order valence-electron chi connectivity index (χ4n) is 2.35. The zero-order valence-corrected chi connectivity index (χ0v) is 14.3. The van der Waals surface area contributed by atoms with Crippen molar-refractivity contribution in [2.45, 2.75) is 32.9 Å². The number of anilines is 1. The zero-order chi connectivity index (χ0) is 17.7. The Labute approximate surface area is 141 Å². The molecule has 7 nitrogen and oxygen atoms in total. The van der Waals surface area contributed by atoms with Crippen molar-refractivity contribution in [3.8, 4) is 0 Å². The average Bonchev–Trinajstić information content (AvgIpc) is 2.93. The molecule has 0 unspecified atom stereocenters. The van der Waals surface area contributed by atoms with Gasteiger partial charge in [0.15, 0.2) is 0 Å². The number of aryl methyl sites for hydroxylation is 1. The number of nitrogens with one attached hydrogen (secondary N) is 3. The first-order valence-corrected chi connectivity index (χ1v) is 7.78. The molecule has 2 rings (SSSR count). The lowest BCUT2D eigenvalue weighted by Gasteiger charge is -2.18. The van der Waals surface area contributed by atoms with E-state index in [1.165, 1.54) is 6.92 Å². The smallest absolute Gasteiger partial charge is 0.315 e. The normalized spacial score (nSPS) is 13.0. The topological polar surface area (TPSA) is 88.1 Å². The van der Waals surface area contributed by atoms with Gasteiger partial charge in [0.2, 0.25) is 5.91 Å². The molecule has 0 saturated carbocycles. The highest BCUT2D eigenvalue weighted by Gasteiger charge is 2.14. The lowest BCUT2D eigenvalue weighted by molar-refractivity contribution is -0.114. The van der Waals surface area contributed by atoms with Crippen LogP contribution in [0.3, 0.4) is 0 Å². The summed E-state index contributed by atoms with van der Waals surface area (Å²) >= 11 is 0. The molecule has 1 aromatic carbocycles. The fraction of sp³-hybridized carbons (Fsp3) is 0.353. The summed E-state index contributed by atoms with van der Waals surface area (Å²) in [5.41, 5.74) is 2.55. The van der Waals surface area contributed by atoms with Gasteiger partial charge in [0.05, 0.1) is 18.3 Å². The van der Waals surface area contributed by atoms with E-state index in [4.69, 9.17) is 0 Å². The van der Waals surface area contributed by atoms with Gasteiger partial charge in [-0.2, -0.15) is 5.10 Å². The number of hydrogen-bond acceptors (Lipinski definition) is 3. The van der Waals surface area contributed by atoms with Crippen molar-refractivity contribution in [1.29, 1.82) is 0 Å². The second kappa shape index (κ2) is 7.63. The Morgan fingerprint density at radius 2 is 1.79 bits per heavy atom. The Bertz CT molecular complexity index is 725. The second-order valence-corrected chi connectivity index (χ2v) is 5.82. The summed E-state index contributed by atoms with van der Waals surface area (Å²) in [5, 5.41) is 12.6. The van der Waals surface area contributed by atoms with Crippen molar-refractivity contribution < 1.29 is 9.59 Å². The van der Waals surface area contributed by atoms with Crippen LogP contribution in [-0.2, 0) is 11.8 Å². The van der Waals surface area contributed by atoms with Crippen LogP contribution < -0.4 is 16.0 Å². The van der Waals surface area contributed by atoms with Crippen LogP contribution in [0.5, 0.6) is 0 Å². The molecule has 0 aliphatic heterocycles. The summed E-state index contributed by atoms with van der Waals surface area (Å²) in [7, 11) is 1.83. The molecular weight excluding hydrogens is 306 g/mol. The fourth-order valence-corrected chi connectivity index (χ4v) is 2.35. The van der Waals surface area contributed by atoms with E-state index in [2.05, 4.69) is 21.0 Å². The Morgan fingerprint density at radius 3 is 2.38 bits per heavy atom. The van der Waals surface area contributed by atoms with Gasteiger partial charge in [-0.05, 0) is 31.5 Å². The van der Waals surface area contributed by atoms with Gasteiger partial charge >= 0.3 is 6.03 Å². The second-order valence-electron chi connectivity index (χ2n) is 5.82. The van der Waals surface area contributed by atoms with Gasteiger partial charge in [-0.25, -0.2) is 4.79 Å². The third-order valence-corrected chi connectivity index (χ3v) is 3.63. The van der Waals surface area contributed by atoms with E-state index in [1.807, 2.05) is 51.4 Å². The third-order valence-electron chi connectivity index (χ3n) is 3.63. The van der Waals surface area contributed by atoms with E-state index < -0.39 is 0 Å². The molecule has 0 aliphatic rings. The van der Waals surface area contributed by atoms with Crippen LogP contribution in [0.1, 0.15) is 44.0 Å². The molecule has 1 aromatic heterocycles. The van der Waals surface area contributed by atoms with Crippen molar-refractivity contribution in [3.05, 3.63) is 47.8 Å². The van der Waals surface area contributed by atoms with Crippen LogP contribution >= 0.6 is 0 Å². The van der Waals surface area contributed by atoms with Crippen LogP contribution in [0.15, 0.2) is 36.7 Å². The molecule has 0 aliphatic carbocycles. The van der Waals surface area contributed by atoms with Gasteiger partial charge < -0.3 is 16.0 Å². The summed E-state index contributed by atoms with van der Waals surface area (Å²) in [6, 6.07) is 6.80. The van der Waals surface area contributed by atoms with Gasteiger partial charge in [0, 0.05) is 31.4 Å². The van der Waals surface area contributed by atoms with Crippen molar-refractivity contribution in [3.63, 3.8) is 0 Å². The van der Waals surface area contributed by atoms with Gasteiger partial charge in [-0.3, -0.25) is 9.48 Å². The maximum absolute atomic E-state index is 12.2. The Balaban J connectivity index is 1.94. The Kier molecular flexibility index (Phi) is 5.57. The van der Waals surface area contributed by atoms with E-state index in [0.717, 1.165) is 11.1 Å². The largest absolute Gasteiger partial charge is 0.332 e. The molecule has 7 heteroatoms. The lowest BCUT2D eigenvalue weighted by atomic mass is 10.1. The molecule has 2 aromatic rings. The molecule has 0 fully saturated rings. The van der Waals surface area contributed by atoms with Crippen molar-refractivity contribution in [2.24, 2.45) is 7.05 Å². The van der Waals surface area contributed by atoms with E-state index in [1.54, 1.807) is 10.9 Å². The SMILES string of the molecule is CC(=O)Nc1cccc([C@H](C)NC(=O)N[C@@H](C)c2cnn(C)c2)c1. The van der Waals surface area contributed by atoms with Crippen molar-refractivity contribution in [2.75, 3.05) is 5.32 Å². The van der Waals surface area contributed by atoms with E-state index in [-0.39, 0.29) is 24.0 Å². The van der Waals surface area contributed by atoms with Crippen LogP contribution in [0.25, 0.3) is 0 Å². The standard InChI is InChI=1S/C17H23N5O2/c1-11(14-6-5-7-16(8-14)21-13(3)23)19-17(24)20-12(2)15-9-18-22(4)10-15/h5-12H,1-4H3,(H,21,23)(H2,19,20,24)/t11-,12-/m0/s1. The maximum atomic E-state index is 12.2. The predicted molar refractivity (Wildman–Crippen MR) is 92.5 cm³/mol. The monoisotopic (exact) mass is 329 g/mol. The summed E-state index contributed by atoms with van der Waals surface area (Å²) < 4.78 is 1.70. The molecule has 0 radical (unpaired) electrons. The van der Waals surface area contributed by atoms with Crippen LogP contribution in [0.2, 0.25) is 0 Å². The zero-order valence-electron chi connectivity index (χ0n) is 14.3. The predicted octanol–water partition coefficient (Wildman–Crippen LogP) is 2.50. The van der Waals surface area contributed by atoms with Crippen LogP contribution in [0.4, 0.5) is 10.5 Å². The van der Waals surface area contributed by atoms with Gasteiger partial charge in [0.25, 0.3) is 0 Å². The Morgan fingerprint density at radius 1 is 1.12 bits per heavy atom. The molecule has 24 heavy (non-hydrogen) atoms. The van der Waals surface area contributed by atoms with Gasteiger partial charge in [-0.1, -0.05) is 12.1 Å². The van der Waals surface area contributed by atoms with E-state index in [9.17, 15) is 9.59 Å². The van der Waals surface area contributed by atoms with Gasteiger partial charge in [-0.15, -0.1) is 0 Å². The number of urea groups is 1. The number of rotatable bonds is 5. The molecule has 1 heterocycles. The lowest BCUT2D eigenvalue weighted by Crippen LogP contribution is -2.38. The number of benzene rings is 1. The van der Waals surface area contributed by atoms with E-state index >= 15 is 0 Å². The molecule has 3 N–H and O–H groups in total. The number of carbonyl (C=O) groups excluding carboxylic acids is 2. The maximum Gasteiger partial charge on any atom is 0.315 e. The molecule has 2 atom stereocenters. The quantitative estimate of drug-likeness (QED) is 0.787. The van der Waals surface area contributed by atoms with Crippen molar-refractivity contribution >= 4 is 17.6 Å².